The van der Waals surface area contributed by atoms with E-state index < -0.39 is 0 Å². The zero-order chi connectivity index (χ0) is 13.7. The summed E-state index contributed by atoms with van der Waals surface area (Å²) in [5.74, 6) is 0.341. The highest BCUT2D eigenvalue weighted by molar-refractivity contribution is 5.85. The van der Waals surface area contributed by atoms with Crippen molar-refractivity contribution in [2.75, 3.05) is 0 Å². The van der Waals surface area contributed by atoms with E-state index >= 15 is 0 Å². The van der Waals surface area contributed by atoms with E-state index in [4.69, 9.17) is 0 Å². The molecule has 0 fully saturated rings. The van der Waals surface area contributed by atoms with Crippen LogP contribution in [0.3, 0.4) is 0 Å². The number of halogens is 1. The fourth-order valence-electron chi connectivity index (χ4n) is 2.07. The van der Waals surface area contributed by atoms with Crippen LogP contribution in [0.15, 0.2) is 30.5 Å². The van der Waals surface area contributed by atoms with Crippen LogP contribution in [0.2, 0.25) is 0 Å². The smallest absolute Gasteiger partial charge is 0.120 e. The molecule has 5 heteroatoms. The zero-order valence-corrected chi connectivity index (χ0v) is 12.8. The molecule has 0 bridgehead atoms. The summed E-state index contributed by atoms with van der Waals surface area (Å²) in [5.41, 5.74) is 3.20. The number of aryl methyl sites for hydroxylation is 2. The maximum Gasteiger partial charge on any atom is 0.120 e. The summed E-state index contributed by atoms with van der Waals surface area (Å²) in [6.07, 6.45) is 3.18. The quantitative estimate of drug-likeness (QED) is 0.861. The Hall–Kier alpha value is -1.52. The Morgan fingerprint density at radius 2 is 1.90 bits per heavy atom. The molecule has 0 saturated heterocycles. The Balaban J connectivity index is 0.00000200. The van der Waals surface area contributed by atoms with E-state index in [9.17, 15) is 5.11 Å². The minimum Gasteiger partial charge on any atom is -0.508 e. The third-order valence-electron chi connectivity index (χ3n) is 3.12. The SMILES string of the molecule is CCCn1cc(CNCc2ccccc2O)c(C)n1.Cl. The van der Waals surface area contributed by atoms with Crippen molar-refractivity contribution in [1.29, 1.82) is 0 Å². The first-order valence-corrected chi connectivity index (χ1v) is 6.71. The van der Waals surface area contributed by atoms with Gasteiger partial charge in [0, 0.05) is 37.0 Å². The van der Waals surface area contributed by atoms with Gasteiger partial charge in [0.15, 0.2) is 0 Å². The van der Waals surface area contributed by atoms with Gasteiger partial charge in [-0.15, -0.1) is 12.4 Å². The number of nitrogens with zero attached hydrogens (tertiary/aromatic N) is 2. The molecule has 2 N–H and O–H groups in total. The van der Waals surface area contributed by atoms with E-state index in [0.717, 1.165) is 30.8 Å². The lowest BCUT2D eigenvalue weighted by Crippen LogP contribution is -2.13. The van der Waals surface area contributed by atoms with Crippen molar-refractivity contribution in [3.8, 4) is 5.75 Å². The van der Waals surface area contributed by atoms with Crippen LogP contribution in [0.5, 0.6) is 5.75 Å². The van der Waals surface area contributed by atoms with Crippen LogP contribution in [-0.4, -0.2) is 14.9 Å². The molecule has 0 aliphatic carbocycles. The summed E-state index contributed by atoms with van der Waals surface area (Å²) < 4.78 is 1.99. The van der Waals surface area contributed by atoms with E-state index in [1.165, 1.54) is 5.56 Å². The van der Waals surface area contributed by atoms with E-state index in [0.29, 0.717) is 12.3 Å². The van der Waals surface area contributed by atoms with Gasteiger partial charge in [-0.25, -0.2) is 0 Å². The highest BCUT2D eigenvalue weighted by Gasteiger charge is 2.05. The average molecular weight is 296 g/mol. The maximum atomic E-state index is 9.68. The molecule has 110 valence electrons. The largest absolute Gasteiger partial charge is 0.508 e. The number of rotatable bonds is 6. The third kappa shape index (κ3) is 4.25. The van der Waals surface area contributed by atoms with E-state index in [2.05, 4.69) is 23.5 Å². The Labute approximate surface area is 126 Å². The second-order valence-corrected chi connectivity index (χ2v) is 4.74. The Morgan fingerprint density at radius 1 is 1.20 bits per heavy atom. The van der Waals surface area contributed by atoms with Crippen molar-refractivity contribution in [3.63, 3.8) is 0 Å². The molecule has 1 aromatic heterocycles. The average Bonchev–Trinajstić information content (AvgIpc) is 2.73. The van der Waals surface area contributed by atoms with Gasteiger partial charge >= 0.3 is 0 Å². The Morgan fingerprint density at radius 3 is 2.60 bits per heavy atom. The number of phenolic OH excluding ortho intramolecular Hbond substituents is 1. The van der Waals surface area contributed by atoms with Crippen LogP contribution in [-0.2, 0) is 19.6 Å². The van der Waals surface area contributed by atoms with Gasteiger partial charge in [-0.3, -0.25) is 4.68 Å². The predicted octanol–water partition coefficient (Wildman–Crippen LogP) is 3.02. The predicted molar refractivity (Wildman–Crippen MR) is 83.2 cm³/mol. The van der Waals surface area contributed by atoms with Gasteiger partial charge in [-0.05, 0) is 19.4 Å². The molecular formula is C15H22ClN3O. The minimum absolute atomic E-state index is 0. The second kappa shape index (κ2) is 7.92. The van der Waals surface area contributed by atoms with Crippen LogP contribution in [0.4, 0.5) is 0 Å². The summed E-state index contributed by atoms with van der Waals surface area (Å²) in [6.45, 7) is 6.56. The zero-order valence-electron chi connectivity index (χ0n) is 12.0. The third-order valence-corrected chi connectivity index (χ3v) is 3.12. The summed E-state index contributed by atoms with van der Waals surface area (Å²) in [6, 6.07) is 7.40. The van der Waals surface area contributed by atoms with Gasteiger partial charge in [0.1, 0.15) is 5.75 Å². The lowest BCUT2D eigenvalue weighted by atomic mass is 10.2. The lowest BCUT2D eigenvalue weighted by Gasteiger charge is -2.05. The van der Waals surface area contributed by atoms with Gasteiger partial charge in [0.05, 0.1) is 5.69 Å². The number of benzene rings is 1. The number of phenols is 1. The number of aromatic nitrogens is 2. The highest BCUT2D eigenvalue weighted by Crippen LogP contribution is 2.15. The van der Waals surface area contributed by atoms with Gasteiger partial charge < -0.3 is 10.4 Å². The molecule has 0 atom stereocenters. The maximum absolute atomic E-state index is 9.68. The molecular weight excluding hydrogens is 274 g/mol. The van der Waals surface area contributed by atoms with Crippen molar-refractivity contribution >= 4 is 12.4 Å². The first kappa shape index (κ1) is 16.5. The van der Waals surface area contributed by atoms with Crippen molar-refractivity contribution < 1.29 is 5.11 Å². The molecule has 0 aliphatic heterocycles. The molecule has 20 heavy (non-hydrogen) atoms. The molecule has 2 aromatic rings. The number of para-hydroxylation sites is 1. The van der Waals surface area contributed by atoms with Crippen LogP contribution in [0, 0.1) is 6.92 Å². The molecule has 2 rings (SSSR count). The normalized spacial score (nSPS) is 10.3. The summed E-state index contributed by atoms with van der Waals surface area (Å²) in [7, 11) is 0. The first-order valence-electron chi connectivity index (χ1n) is 6.71. The molecule has 0 amide bonds. The number of aromatic hydroxyl groups is 1. The molecule has 0 aliphatic rings. The van der Waals surface area contributed by atoms with E-state index in [-0.39, 0.29) is 12.4 Å². The standard InChI is InChI=1S/C15H21N3O.ClH/c1-3-8-18-11-14(12(2)17-18)10-16-9-13-6-4-5-7-15(13)19;/h4-7,11,16,19H,3,8-10H2,1-2H3;1H. The van der Waals surface area contributed by atoms with Crippen LogP contribution in [0.1, 0.15) is 30.2 Å². The minimum atomic E-state index is 0. The van der Waals surface area contributed by atoms with Gasteiger partial charge in [-0.1, -0.05) is 25.1 Å². The molecule has 1 aromatic carbocycles. The van der Waals surface area contributed by atoms with Crippen molar-refractivity contribution in [1.82, 2.24) is 15.1 Å². The molecule has 0 radical (unpaired) electrons. The van der Waals surface area contributed by atoms with Gasteiger partial charge in [0.25, 0.3) is 0 Å². The fraction of sp³-hybridized carbons (Fsp3) is 0.400. The fourth-order valence-corrected chi connectivity index (χ4v) is 2.07. The molecule has 0 unspecified atom stereocenters. The van der Waals surface area contributed by atoms with Crippen molar-refractivity contribution in [3.05, 3.63) is 47.3 Å². The van der Waals surface area contributed by atoms with Gasteiger partial charge in [-0.2, -0.15) is 5.10 Å². The Kier molecular flexibility index (Phi) is 6.55. The van der Waals surface area contributed by atoms with Crippen molar-refractivity contribution in [2.24, 2.45) is 0 Å². The first-order chi connectivity index (χ1) is 9.20. The van der Waals surface area contributed by atoms with E-state index in [1.54, 1.807) is 6.07 Å². The monoisotopic (exact) mass is 295 g/mol. The molecule has 1 heterocycles. The number of hydrogen-bond donors (Lipinski definition) is 2. The topological polar surface area (TPSA) is 50.1 Å². The molecule has 0 saturated carbocycles. The second-order valence-electron chi connectivity index (χ2n) is 4.74. The van der Waals surface area contributed by atoms with Crippen molar-refractivity contribution in [2.45, 2.75) is 39.9 Å². The van der Waals surface area contributed by atoms with Crippen LogP contribution < -0.4 is 5.32 Å². The van der Waals surface area contributed by atoms with E-state index in [1.807, 2.05) is 29.8 Å². The highest BCUT2D eigenvalue weighted by atomic mass is 35.5. The van der Waals surface area contributed by atoms with Crippen LogP contribution in [0.25, 0.3) is 0 Å². The van der Waals surface area contributed by atoms with Gasteiger partial charge in [0.2, 0.25) is 0 Å². The molecule has 4 nitrogen and oxygen atoms in total. The summed E-state index contributed by atoms with van der Waals surface area (Å²) in [4.78, 5) is 0. The number of hydrogen-bond acceptors (Lipinski definition) is 3. The van der Waals surface area contributed by atoms with Crippen LogP contribution >= 0.6 is 12.4 Å². The number of nitrogens with one attached hydrogen (secondary N) is 1. The summed E-state index contributed by atoms with van der Waals surface area (Å²) in [5, 5.41) is 17.5. The lowest BCUT2D eigenvalue weighted by molar-refractivity contribution is 0.464. The molecule has 0 spiro atoms. The summed E-state index contributed by atoms with van der Waals surface area (Å²) >= 11 is 0. The Bertz CT molecular complexity index is 540.